The van der Waals surface area contributed by atoms with Crippen LogP contribution >= 0.6 is 0 Å². The summed E-state index contributed by atoms with van der Waals surface area (Å²) in [6, 6.07) is 12.2. The van der Waals surface area contributed by atoms with Crippen LogP contribution in [-0.2, 0) is 11.3 Å². The van der Waals surface area contributed by atoms with E-state index in [-0.39, 0.29) is 23.9 Å². The SMILES string of the molecule is C=CCCC(CCNCc1cccc(C2CN(C(=O)OC(C)(C)C)C2)n1)Oc1ccc(F)cc1. The number of likely N-dealkylation sites (tertiary alicyclic amines) is 1. The number of nitrogens with one attached hydrogen (secondary N) is 1. The molecular weight excluding hydrogens is 433 g/mol. The third-order valence-electron chi connectivity index (χ3n) is 5.54. The largest absolute Gasteiger partial charge is 0.490 e. The topological polar surface area (TPSA) is 63.7 Å². The first kappa shape index (κ1) is 25.7. The van der Waals surface area contributed by atoms with E-state index in [1.165, 1.54) is 12.1 Å². The van der Waals surface area contributed by atoms with E-state index in [9.17, 15) is 9.18 Å². The minimum absolute atomic E-state index is 0.0177. The highest BCUT2D eigenvalue weighted by atomic mass is 19.1. The first-order valence-electron chi connectivity index (χ1n) is 11.9. The van der Waals surface area contributed by atoms with Crippen LogP contribution in [0, 0.1) is 5.82 Å². The third-order valence-corrected chi connectivity index (χ3v) is 5.54. The van der Waals surface area contributed by atoms with Gasteiger partial charge in [-0.3, -0.25) is 4.98 Å². The quantitative estimate of drug-likeness (QED) is 0.350. The molecule has 1 saturated heterocycles. The molecule has 0 spiro atoms. The van der Waals surface area contributed by atoms with Crippen LogP contribution in [0.1, 0.15) is 57.3 Å². The Labute approximate surface area is 202 Å². The van der Waals surface area contributed by atoms with E-state index in [0.29, 0.717) is 25.4 Å². The van der Waals surface area contributed by atoms with Crippen LogP contribution in [0.15, 0.2) is 55.1 Å². The lowest BCUT2D eigenvalue weighted by molar-refractivity contribution is 0.00786. The lowest BCUT2D eigenvalue weighted by Crippen LogP contribution is -2.50. The molecule has 184 valence electrons. The number of nitrogens with zero attached hydrogens (tertiary/aromatic N) is 2. The van der Waals surface area contributed by atoms with Gasteiger partial charge >= 0.3 is 6.09 Å². The molecule has 6 nitrogen and oxygen atoms in total. The summed E-state index contributed by atoms with van der Waals surface area (Å²) in [7, 11) is 0. The summed E-state index contributed by atoms with van der Waals surface area (Å²) in [6.07, 6.45) is 4.16. The Hall–Kier alpha value is -2.93. The number of carbonyl (C=O) groups is 1. The zero-order valence-electron chi connectivity index (χ0n) is 20.4. The zero-order chi connectivity index (χ0) is 24.6. The molecule has 0 aliphatic carbocycles. The normalized spacial score (nSPS) is 14.9. The molecule has 0 radical (unpaired) electrons. The van der Waals surface area contributed by atoms with Crippen LogP contribution in [0.4, 0.5) is 9.18 Å². The van der Waals surface area contributed by atoms with Crippen molar-refractivity contribution in [2.24, 2.45) is 0 Å². The number of carbonyl (C=O) groups excluding carboxylic acids is 1. The van der Waals surface area contributed by atoms with Crippen LogP contribution in [0.2, 0.25) is 0 Å². The maximum atomic E-state index is 13.1. The van der Waals surface area contributed by atoms with Crippen molar-refractivity contribution in [3.63, 3.8) is 0 Å². The molecule has 1 fully saturated rings. The molecule has 1 aromatic heterocycles. The van der Waals surface area contributed by atoms with Crippen LogP contribution < -0.4 is 10.1 Å². The number of ether oxygens (including phenoxy) is 2. The molecule has 7 heteroatoms. The lowest BCUT2D eigenvalue weighted by Gasteiger charge is -2.39. The number of hydrogen-bond donors (Lipinski definition) is 1. The molecule has 1 atom stereocenters. The van der Waals surface area contributed by atoms with Gasteiger partial charge in [-0.2, -0.15) is 0 Å². The van der Waals surface area contributed by atoms with Crippen molar-refractivity contribution >= 4 is 6.09 Å². The van der Waals surface area contributed by atoms with Crippen molar-refractivity contribution in [2.45, 2.75) is 64.2 Å². The first-order valence-corrected chi connectivity index (χ1v) is 11.9. The molecule has 1 aliphatic heterocycles. The monoisotopic (exact) mass is 469 g/mol. The van der Waals surface area contributed by atoms with E-state index in [4.69, 9.17) is 14.5 Å². The fourth-order valence-corrected chi connectivity index (χ4v) is 3.72. The van der Waals surface area contributed by atoms with Gasteiger partial charge in [-0.15, -0.1) is 6.58 Å². The summed E-state index contributed by atoms with van der Waals surface area (Å²) >= 11 is 0. The summed E-state index contributed by atoms with van der Waals surface area (Å²) in [4.78, 5) is 18.7. The van der Waals surface area contributed by atoms with Crippen LogP contribution in [-0.4, -0.2) is 47.3 Å². The maximum Gasteiger partial charge on any atom is 0.410 e. The van der Waals surface area contributed by atoms with E-state index in [2.05, 4.69) is 11.9 Å². The van der Waals surface area contributed by atoms with Gasteiger partial charge in [0, 0.05) is 31.2 Å². The smallest absolute Gasteiger partial charge is 0.410 e. The zero-order valence-corrected chi connectivity index (χ0v) is 20.4. The van der Waals surface area contributed by atoms with Gasteiger partial charge in [-0.05, 0) is 83.0 Å². The Balaban J connectivity index is 1.43. The summed E-state index contributed by atoms with van der Waals surface area (Å²) < 4.78 is 24.6. The standard InChI is InChI=1S/C27H36FN3O3/c1-5-6-9-23(33-24-13-11-21(28)12-14-24)15-16-29-17-22-8-7-10-25(30-22)20-18-31(19-20)26(32)34-27(2,3)4/h5,7-8,10-14,20,23,29H,1,6,9,15-19H2,2-4H3. The molecule has 0 saturated carbocycles. The summed E-state index contributed by atoms with van der Waals surface area (Å²) in [5.41, 5.74) is 1.48. The second kappa shape index (κ2) is 12.0. The van der Waals surface area contributed by atoms with E-state index in [0.717, 1.165) is 37.2 Å². The number of hydrogen-bond acceptors (Lipinski definition) is 5. The van der Waals surface area contributed by atoms with Crippen molar-refractivity contribution < 1.29 is 18.7 Å². The number of rotatable bonds is 11. The van der Waals surface area contributed by atoms with Crippen molar-refractivity contribution in [1.29, 1.82) is 0 Å². The van der Waals surface area contributed by atoms with E-state index in [1.54, 1.807) is 17.0 Å². The molecular formula is C27H36FN3O3. The van der Waals surface area contributed by atoms with Crippen molar-refractivity contribution in [3.8, 4) is 5.75 Å². The average Bonchev–Trinajstić information content (AvgIpc) is 2.74. The molecule has 0 bridgehead atoms. The second-order valence-corrected chi connectivity index (χ2v) is 9.66. The predicted octanol–water partition coefficient (Wildman–Crippen LogP) is 5.45. The highest BCUT2D eigenvalue weighted by molar-refractivity contribution is 5.69. The first-order chi connectivity index (χ1) is 16.2. The molecule has 3 rings (SSSR count). The third kappa shape index (κ3) is 8.13. The molecule has 2 heterocycles. The molecule has 1 N–H and O–H groups in total. The van der Waals surface area contributed by atoms with Crippen molar-refractivity contribution in [3.05, 3.63) is 72.3 Å². The maximum absolute atomic E-state index is 13.1. The fourth-order valence-electron chi connectivity index (χ4n) is 3.72. The Morgan fingerprint density at radius 3 is 2.65 bits per heavy atom. The number of aromatic nitrogens is 1. The van der Waals surface area contributed by atoms with Gasteiger partial charge in [0.05, 0.1) is 5.69 Å². The Kier molecular flexibility index (Phi) is 9.05. The second-order valence-electron chi connectivity index (χ2n) is 9.66. The Morgan fingerprint density at radius 2 is 1.97 bits per heavy atom. The molecule has 1 aromatic carbocycles. The van der Waals surface area contributed by atoms with Gasteiger partial charge in [0.25, 0.3) is 0 Å². The molecule has 1 aliphatic rings. The van der Waals surface area contributed by atoms with Gasteiger partial charge in [0.1, 0.15) is 23.3 Å². The Morgan fingerprint density at radius 1 is 1.24 bits per heavy atom. The molecule has 2 aromatic rings. The van der Waals surface area contributed by atoms with Crippen molar-refractivity contribution in [1.82, 2.24) is 15.2 Å². The van der Waals surface area contributed by atoms with Crippen LogP contribution in [0.25, 0.3) is 0 Å². The summed E-state index contributed by atoms with van der Waals surface area (Å²) in [6.45, 7) is 12.1. The highest BCUT2D eigenvalue weighted by Gasteiger charge is 2.35. The van der Waals surface area contributed by atoms with E-state index >= 15 is 0 Å². The number of halogens is 1. The summed E-state index contributed by atoms with van der Waals surface area (Å²) in [5, 5.41) is 3.45. The molecule has 34 heavy (non-hydrogen) atoms. The number of benzene rings is 1. The number of pyridine rings is 1. The molecule has 1 unspecified atom stereocenters. The minimum Gasteiger partial charge on any atom is -0.490 e. The van der Waals surface area contributed by atoms with E-state index < -0.39 is 5.60 Å². The predicted molar refractivity (Wildman–Crippen MR) is 131 cm³/mol. The van der Waals surface area contributed by atoms with Gasteiger partial charge in [0.15, 0.2) is 0 Å². The van der Waals surface area contributed by atoms with Crippen LogP contribution in [0.5, 0.6) is 5.75 Å². The number of allylic oxidation sites excluding steroid dienone is 1. The number of amides is 1. The van der Waals surface area contributed by atoms with E-state index in [1.807, 2.05) is 45.0 Å². The van der Waals surface area contributed by atoms with Crippen LogP contribution in [0.3, 0.4) is 0 Å². The summed E-state index contributed by atoms with van der Waals surface area (Å²) in [5.74, 6) is 0.636. The Bertz CT molecular complexity index is 937. The van der Waals surface area contributed by atoms with Gasteiger partial charge in [0.2, 0.25) is 0 Å². The fraction of sp³-hybridized carbons (Fsp3) is 0.481. The van der Waals surface area contributed by atoms with Gasteiger partial charge in [-0.25, -0.2) is 9.18 Å². The highest BCUT2D eigenvalue weighted by Crippen LogP contribution is 2.27. The van der Waals surface area contributed by atoms with Gasteiger partial charge < -0.3 is 19.7 Å². The van der Waals surface area contributed by atoms with Gasteiger partial charge in [-0.1, -0.05) is 12.1 Å². The molecule has 1 amide bonds. The lowest BCUT2D eigenvalue weighted by atomic mass is 9.96. The van der Waals surface area contributed by atoms with Crippen molar-refractivity contribution in [2.75, 3.05) is 19.6 Å². The minimum atomic E-state index is -0.485. The average molecular weight is 470 g/mol.